The Morgan fingerprint density at radius 3 is 2.48 bits per heavy atom. The zero-order valence-electron chi connectivity index (χ0n) is 24.9. The van der Waals surface area contributed by atoms with Crippen LogP contribution in [0.25, 0.3) is 21.3 Å². The average Bonchev–Trinajstić information content (AvgIpc) is 3.37. The Bertz CT molecular complexity index is 1560. The van der Waals surface area contributed by atoms with E-state index in [1.807, 2.05) is 38.4 Å². The first-order chi connectivity index (χ1) is 20.0. The molecule has 1 aliphatic rings. The molecule has 4 aromatic rings. The number of aryl methyl sites for hydroxylation is 1. The van der Waals surface area contributed by atoms with Gasteiger partial charge in [0.2, 0.25) is 5.56 Å². The minimum atomic E-state index is -0.250. The van der Waals surface area contributed by atoms with E-state index in [4.69, 9.17) is 14.9 Å². The smallest absolute Gasteiger partial charge is 0.290 e. The largest absolute Gasteiger partial charge is 0.483 e. The molecule has 0 spiro atoms. The third-order valence-corrected chi connectivity index (χ3v) is 8.97. The van der Waals surface area contributed by atoms with E-state index in [-0.39, 0.29) is 29.4 Å². The molecule has 0 unspecified atom stereocenters. The summed E-state index contributed by atoms with van der Waals surface area (Å²) in [6.07, 6.45) is 5.75. The molecule has 9 heteroatoms. The zero-order valence-corrected chi connectivity index (χ0v) is 25.8. The Balaban J connectivity index is 0.00000129. The maximum absolute atomic E-state index is 13.5. The monoisotopic (exact) mass is 588 g/mol. The molecule has 2 atom stereocenters. The van der Waals surface area contributed by atoms with Crippen LogP contribution in [0.3, 0.4) is 0 Å². The van der Waals surface area contributed by atoms with E-state index in [2.05, 4.69) is 54.2 Å². The first kappa shape index (κ1) is 31.1. The molecule has 0 fully saturated rings. The van der Waals surface area contributed by atoms with Crippen molar-refractivity contribution in [3.05, 3.63) is 86.8 Å². The minimum absolute atomic E-state index is 0.0583. The van der Waals surface area contributed by atoms with Crippen molar-refractivity contribution < 1.29 is 14.7 Å². The number of thiophene rings is 1. The van der Waals surface area contributed by atoms with E-state index in [9.17, 15) is 9.59 Å². The number of carbonyl (C=O) groups excluding carboxylic acids is 1. The third-order valence-electron chi connectivity index (χ3n) is 7.92. The van der Waals surface area contributed by atoms with E-state index in [0.29, 0.717) is 10.8 Å². The highest BCUT2D eigenvalue weighted by atomic mass is 32.1. The molecule has 3 N–H and O–H groups in total. The van der Waals surface area contributed by atoms with Gasteiger partial charge in [0.05, 0.1) is 10.9 Å². The summed E-state index contributed by atoms with van der Waals surface area (Å²) in [6.45, 7) is 7.57. The van der Waals surface area contributed by atoms with Crippen molar-refractivity contribution in [2.75, 3.05) is 20.6 Å². The fraction of sp³-hybridized carbons (Fsp3) is 0.394. The van der Waals surface area contributed by atoms with Crippen LogP contribution in [-0.4, -0.2) is 53.0 Å². The van der Waals surface area contributed by atoms with Crippen molar-refractivity contribution in [2.45, 2.75) is 52.5 Å². The predicted octanol–water partition coefficient (Wildman–Crippen LogP) is 5.93. The SMILES string of the molecule is CN(C)CC[C@@H](NC(=O)c1cc2cc3c(nc2s1)CC[C@H](C(C)(C)C)C3)c1ccc(-c2ccc(=O)[nH]c2)cc1.O=CO. The molecule has 3 heterocycles. The molecule has 0 radical (unpaired) electrons. The molecular weight excluding hydrogens is 548 g/mol. The number of carbonyl (C=O) groups is 2. The number of benzene rings is 1. The number of aromatic amines is 1. The molecule has 1 amide bonds. The quantitative estimate of drug-likeness (QED) is 0.231. The van der Waals surface area contributed by atoms with Crippen molar-refractivity contribution in [1.82, 2.24) is 20.2 Å². The number of amides is 1. The van der Waals surface area contributed by atoms with Gasteiger partial charge in [-0.05, 0) is 98.1 Å². The lowest BCUT2D eigenvalue weighted by molar-refractivity contribution is -0.122. The number of fused-ring (bicyclic) bond motifs is 2. The van der Waals surface area contributed by atoms with Gasteiger partial charge < -0.3 is 20.3 Å². The van der Waals surface area contributed by atoms with Crippen LogP contribution in [0.15, 0.2) is 59.5 Å². The number of nitrogens with zero attached hydrogens (tertiary/aromatic N) is 2. The van der Waals surface area contributed by atoms with Crippen molar-refractivity contribution in [2.24, 2.45) is 11.3 Å². The van der Waals surface area contributed by atoms with Crippen LogP contribution in [0.2, 0.25) is 0 Å². The maximum atomic E-state index is 13.5. The molecule has 3 aromatic heterocycles. The Labute approximate surface area is 250 Å². The third kappa shape index (κ3) is 7.72. The molecule has 8 nitrogen and oxygen atoms in total. The number of rotatable bonds is 7. The van der Waals surface area contributed by atoms with Gasteiger partial charge in [0, 0.05) is 23.3 Å². The number of pyridine rings is 2. The van der Waals surface area contributed by atoms with Gasteiger partial charge >= 0.3 is 0 Å². The van der Waals surface area contributed by atoms with Crippen molar-refractivity contribution in [1.29, 1.82) is 0 Å². The Morgan fingerprint density at radius 2 is 1.86 bits per heavy atom. The van der Waals surface area contributed by atoms with E-state index >= 15 is 0 Å². The second kappa shape index (κ2) is 13.4. The molecule has 0 aliphatic heterocycles. The molecule has 222 valence electrons. The lowest BCUT2D eigenvalue weighted by Gasteiger charge is -2.34. The Morgan fingerprint density at radius 1 is 1.17 bits per heavy atom. The van der Waals surface area contributed by atoms with Gasteiger partial charge in [-0.2, -0.15) is 0 Å². The first-order valence-electron chi connectivity index (χ1n) is 14.2. The van der Waals surface area contributed by atoms with Crippen LogP contribution in [0.5, 0.6) is 0 Å². The second-order valence-electron chi connectivity index (χ2n) is 12.2. The van der Waals surface area contributed by atoms with Crippen LogP contribution in [-0.2, 0) is 17.6 Å². The summed E-state index contributed by atoms with van der Waals surface area (Å²) in [4.78, 5) is 44.8. The second-order valence-corrected chi connectivity index (χ2v) is 13.2. The first-order valence-corrected chi connectivity index (χ1v) is 15.0. The van der Waals surface area contributed by atoms with Crippen molar-refractivity contribution in [3.8, 4) is 11.1 Å². The van der Waals surface area contributed by atoms with Gasteiger partial charge in [0.1, 0.15) is 4.83 Å². The number of nitrogens with one attached hydrogen (secondary N) is 2. The molecule has 0 bridgehead atoms. The lowest BCUT2D eigenvalue weighted by Crippen LogP contribution is -2.30. The van der Waals surface area contributed by atoms with E-state index in [0.717, 1.165) is 52.7 Å². The van der Waals surface area contributed by atoms with Gasteiger partial charge in [0.25, 0.3) is 12.4 Å². The zero-order chi connectivity index (χ0) is 30.4. The summed E-state index contributed by atoms with van der Waals surface area (Å²) in [5.41, 5.74) is 5.72. The van der Waals surface area contributed by atoms with Crippen LogP contribution in [0, 0.1) is 11.3 Å². The Kier molecular flexibility index (Phi) is 9.96. The van der Waals surface area contributed by atoms with Gasteiger partial charge in [-0.3, -0.25) is 14.4 Å². The lowest BCUT2D eigenvalue weighted by atomic mass is 9.71. The summed E-state index contributed by atoms with van der Waals surface area (Å²) in [5.74, 6) is 0.593. The number of aromatic nitrogens is 2. The number of hydrogen-bond donors (Lipinski definition) is 3. The molecule has 0 saturated carbocycles. The number of carboxylic acid groups (broad SMARTS) is 1. The van der Waals surface area contributed by atoms with Gasteiger partial charge in [-0.25, -0.2) is 4.98 Å². The van der Waals surface area contributed by atoms with Crippen molar-refractivity contribution >= 4 is 33.9 Å². The highest BCUT2D eigenvalue weighted by molar-refractivity contribution is 7.20. The normalized spacial score (nSPS) is 15.4. The summed E-state index contributed by atoms with van der Waals surface area (Å²) < 4.78 is 0. The van der Waals surface area contributed by atoms with Gasteiger partial charge in [-0.1, -0.05) is 45.0 Å². The summed E-state index contributed by atoms with van der Waals surface area (Å²) >= 11 is 1.48. The van der Waals surface area contributed by atoms with Crippen LogP contribution >= 0.6 is 11.3 Å². The van der Waals surface area contributed by atoms with E-state index in [1.54, 1.807) is 6.20 Å². The maximum Gasteiger partial charge on any atom is 0.290 e. The molecule has 42 heavy (non-hydrogen) atoms. The van der Waals surface area contributed by atoms with Crippen molar-refractivity contribution in [3.63, 3.8) is 0 Å². The summed E-state index contributed by atoms with van der Waals surface area (Å²) in [7, 11) is 4.09. The highest BCUT2D eigenvalue weighted by Gasteiger charge is 2.30. The molecule has 1 aliphatic carbocycles. The fourth-order valence-electron chi connectivity index (χ4n) is 5.41. The molecule has 5 rings (SSSR count). The van der Waals surface area contributed by atoms with Gasteiger partial charge in [-0.15, -0.1) is 11.3 Å². The average molecular weight is 589 g/mol. The fourth-order valence-corrected chi connectivity index (χ4v) is 6.35. The minimum Gasteiger partial charge on any atom is -0.483 e. The van der Waals surface area contributed by atoms with Crippen LogP contribution in [0.4, 0.5) is 0 Å². The number of hydrogen-bond acceptors (Lipinski definition) is 6. The van der Waals surface area contributed by atoms with E-state index in [1.165, 1.54) is 35.1 Å². The molecular formula is C33H40N4O4S. The van der Waals surface area contributed by atoms with Crippen LogP contribution < -0.4 is 10.9 Å². The number of H-pyrrole nitrogens is 1. The molecule has 1 aromatic carbocycles. The summed E-state index contributed by atoms with van der Waals surface area (Å²) in [6, 6.07) is 15.7. The predicted molar refractivity (Wildman–Crippen MR) is 169 cm³/mol. The van der Waals surface area contributed by atoms with Crippen LogP contribution in [0.1, 0.15) is 66.1 Å². The molecule has 0 saturated heterocycles. The standard InChI is InChI=1S/C32H38N4O2S.CH2O2/c1-32(2,3)25-11-12-26-23(17-25)16-24-18-28(39-31(24)35-26)30(38)34-27(14-15-36(4)5)21-8-6-20(7-9-21)22-10-13-29(37)33-19-22;2-1-3/h6-10,13,16,18-19,25,27H,11-12,14-15,17H2,1-5H3,(H,33,37)(H,34,38);1H,(H,2,3)/t25-,27+;/m0./s1. The highest BCUT2D eigenvalue weighted by Crippen LogP contribution is 2.38. The topological polar surface area (TPSA) is 115 Å². The summed E-state index contributed by atoms with van der Waals surface area (Å²) in [5, 5.41) is 11.3. The van der Waals surface area contributed by atoms with Gasteiger partial charge in [0.15, 0.2) is 0 Å². The Hall–Kier alpha value is -3.82. The van der Waals surface area contributed by atoms with E-state index < -0.39 is 0 Å².